The van der Waals surface area contributed by atoms with Crippen LogP contribution in [0, 0.1) is 6.92 Å². The molecule has 152 valence electrons. The first-order chi connectivity index (χ1) is 14.5. The number of carbonyl (C=O) groups is 2. The van der Waals surface area contributed by atoms with Gasteiger partial charge in [-0.3, -0.25) is 19.0 Å². The summed E-state index contributed by atoms with van der Waals surface area (Å²) in [4.78, 5) is 42.9. The molecule has 1 amide bonds. The van der Waals surface area contributed by atoms with E-state index >= 15 is 0 Å². The molecular weight excluding hydrogens is 422 g/mol. The molecule has 1 N–H and O–H groups in total. The van der Waals surface area contributed by atoms with Crippen molar-refractivity contribution in [3.8, 4) is 10.4 Å². The second-order valence-corrected chi connectivity index (χ2v) is 8.37. The zero-order valence-electron chi connectivity index (χ0n) is 16.0. The highest BCUT2D eigenvalue weighted by Crippen LogP contribution is 2.33. The first-order valence-corrected chi connectivity index (χ1v) is 10.8. The molecule has 0 aliphatic heterocycles. The fourth-order valence-corrected chi connectivity index (χ4v) is 4.58. The van der Waals surface area contributed by atoms with Crippen molar-refractivity contribution in [2.45, 2.75) is 13.5 Å². The van der Waals surface area contributed by atoms with Gasteiger partial charge in [-0.05, 0) is 30.5 Å². The van der Waals surface area contributed by atoms with E-state index in [4.69, 9.17) is 4.74 Å². The largest absolute Gasteiger partial charge is 0.454 e. The van der Waals surface area contributed by atoms with Crippen LogP contribution in [-0.2, 0) is 20.9 Å². The highest BCUT2D eigenvalue weighted by molar-refractivity contribution is 7.18. The average Bonchev–Trinajstić information content (AvgIpc) is 3.40. The predicted octanol–water partition coefficient (Wildman–Crippen LogP) is 3.68. The molecule has 0 saturated heterocycles. The van der Waals surface area contributed by atoms with Gasteiger partial charge in [-0.2, -0.15) is 0 Å². The number of thiophene rings is 2. The number of nitrogens with one attached hydrogen (secondary N) is 1. The smallest absolute Gasteiger partial charge is 0.326 e. The maximum absolute atomic E-state index is 12.9. The number of anilines is 1. The molecular formula is C21H17N3O4S2. The average molecular weight is 440 g/mol. The molecule has 0 bridgehead atoms. The first-order valence-electron chi connectivity index (χ1n) is 9.04. The number of nitrogens with zero attached hydrogens (tertiary/aromatic N) is 2. The minimum atomic E-state index is -0.690. The molecule has 9 heteroatoms. The molecule has 3 aromatic heterocycles. The van der Waals surface area contributed by atoms with Crippen molar-refractivity contribution in [2.24, 2.45) is 0 Å². The number of esters is 1. The number of aromatic nitrogens is 2. The second-order valence-electron chi connectivity index (χ2n) is 6.56. The van der Waals surface area contributed by atoms with Gasteiger partial charge in [-0.15, -0.1) is 22.7 Å². The Morgan fingerprint density at radius 2 is 1.97 bits per heavy atom. The Hall–Kier alpha value is -3.30. The minimum absolute atomic E-state index is 0.314. The number of hydrogen-bond acceptors (Lipinski definition) is 7. The molecule has 7 nitrogen and oxygen atoms in total. The molecule has 3 heterocycles. The number of carbonyl (C=O) groups excluding carboxylic acids is 2. The van der Waals surface area contributed by atoms with Gasteiger partial charge in [-0.25, -0.2) is 4.98 Å². The van der Waals surface area contributed by atoms with Crippen LogP contribution in [0.5, 0.6) is 0 Å². The van der Waals surface area contributed by atoms with E-state index < -0.39 is 18.5 Å². The van der Waals surface area contributed by atoms with Gasteiger partial charge in [0.15, 0.2) is 6.61 Å². The fourth-order valence-electron chi connectivity index (χ4n) is 2.86. The number of fused-ring (bicyclic) bond motifs is 1. The Balaban J connectivity index is 1.42. The van der Waals surface area contributed by atoms with Crippen LogP contribution >= 0.6 is 22.7 Å². The summed E-state index contributed by atoms with van der Waals surface area (Å²) in [7, 11) is 0. The quantitative estimate of drug-likeness (QED) is 0.463. The molecule has 0 radical (unpaired) electrons. The number of aryl methyl sites for hydroxylation is 1. The van der Waals surface area contributed by atoms with Gasteiger partial charge in [0, 0.05) is 21.5 Å². The van der Waals surface area contributed by atoms with Crippen LogP contribution in [0.3, 0.4) is 0 Å². The van der Waals surface area contributed by atoms with E-state index in [9.17, 15) is 14.4 Å². The molecule has 0 atom stereocenters. The third kappa shape index (κ3) is 4.32. The highest BCUT2D eigenvalue weighted by atomic mass is 32.1. The number of benzene rings is 1. The van der Waals surface area contributed by atoms with E-state index in [1.54, 1.807) is 12.1 Å². The summed E-state index contributed by atoms with van der Waals surface area (Å²) in [5.41, 5.74) is 2.18. The number of amides is 1. The van der Waals surface area contributed by atoms with Crippen LogP contribution < -0.4 is 10.9 Å². The standard InChI is InChI=1S/C21H17N3O4S2/c1-13-4-6-14(7-5-13)23-17(25)10-28-18(26)9-24-12-22-20-19(21(24)27)15(11-30-20)16-3-2-8-29-16/h2-8,11-12H,9-10H2,1H3,(H,23,25). The first kappa shape index (κ1) is 20.0. The molecule has 30 heavy (non-hydrogen) atoms. The van der Waals surface area contributed by atoms with Crippen LogP contribution in [0.25, 0.3) is 20.7 Å². The maximum Gasteiger partial charge on any atom is 0.326 e. The number of ether oxygens (including phenoxy) is 1. The lowest BCUT2D eigenvalue weighted by Crippen LogP contribution is -2.28. The van der Waals surface area contributed by atoms with Gasteiger partial charge in [0.2, 0.25) is 0 Å². The summed E-state index contributed by atoms with van der Waals surface area (Å²) in [6, 6.07) is 11.1. The van der Waals surface area contributed by atoms with Gasteiger partial charge in [0.25, 0.3) is 11.5 Å². The summed E-state index contributed by atoms with van der Waals surface area (Å²) in [5, 5.41) is 6.96. The fraction of sp³-hybridized carbons (Fsp3) is 0.143. The zero-order chi connectivity index (χ0) is 21.1. The molecule has 0 spiro atoms. The lowest BCUT2D eigenvalue weighted by molar-refractivity contribution is -0.147. The lowest BCUT2D eigenvalue weighted by atomic mass is 10.2. The van der Waals surface area contributed by atoms with Crippen molar-refractivity contribution >= 4 is 50.5 Å². The zero-order valence-corrected chi connectivity index (χ0v) is 17.6. The van der Waals surface area contributed by atoms with Crippen molar-refractivity contribution in [1.29, 1.82) is 0 Å². The summed E-state index contributed by atoms with van der Waals surface area (Å²) < 4.78 is 6.22. The van der Waals surface area contributed by atoms with Crippen LogP contribution in [0.4, 0.5) is 5.69 Å². The van der Waals surface area contributed by atoms with Crippen molar-refractivity contribution in [3.63, 3.8) is 0 Å². The van der Waals surface area contributed by atoms with Gasteiger partial charge in [0.05, 0.1) is 11.7 Å². The topological polar surface area (TPSA) is 90.3 Å². The molecule has 0 unspecified atom stereocenters. The Morgan fingerprint density at radius 3 is 2.70 bits per heavy atom. The molecule has 0 aliphatic carbocycles. The van der Waals surface area contributed by atoms with E-state index in [1.165, 1.54) is 33.6 Å². The normalized spacial score (nSPS) is 10.8. The minimum Gasteiger partial charge on any atom is -0.454 e. The van der Waals surface area contributed by atoms with Crippen molar-refractivity contribution in [2.75, 3.05) is 11.9 Å². The second kappa shape index (κ2) is 8.60. The lowest BCUT2D eigenvalue weighted by Gasteiger charge is -2.08. The molecule has 0 aliphatic rings. The molecule has 0 fully saturated rings. The molecule has 1 aromatic carbocycles. The Kier molecular flexibility index (Phi) is 5.73. The van der Waals surface area contributed by atoms with Crippen LogP contribution in [0.1, 0.15) is 5.56 Å². The number of rotatable bonds is 6. The molecule has 4 aromatic rings. The Labute approximate surface area is 179 Å². The Bertz CT molecular complexity index is 1260. The summed E-state index contributed by atoms with van der Waals surface area (Å²) in [5.74, 6) is -1.14. The molecule has 4 rings (SSSR count). The maximum atomic E-state index is 12.9. The summed E-state index contributed by atoms with van der Waals surface area (Å²) in [6.07, 6.45) is 1.33. The predicted molar refractivity (Wildman–Crippen MR) is 118 cm³/mol. The van der Waals surface area contributed by atoms with E-state index in [2.05, 4.69) is 10.3 Å². The highest BCUT2D eigenvalue weighted by Gasteiger charge is 2.16. The van der Waals surface area contributed by atoms with E-state index in [-0.39, 0.29) is 12.1 Å². The van der Waals surface area contributed by atoms with Crippen molar-refractivity contribution in [1.82, 2.24) is 9.55 Å². The van der Waals surface area contributed by atoms with Crippen LogP contribution in [-0.4, -0.2) is 28.0 Å². The van der Waals surface area contributed by atoms with Crippen molar-refractivity contribution in [3.05, 3.63) is 69.4 Å². The monoisotopic (exact) mass is 439 g/mol. The van der Waals surface area contributed by atoms with E-state index in [0.717, 1.165) is 16.0 Å². The van der Waals surface area contributed by atoms with Gasteiger partial charge < -0.3 is 10.1 Å². The van der Waals surface area contributed by atoms with Crippen molar-refractivity contribution < 1.29 is 14.3 Å². The van der Waals surface area contributed by atoms with E-state index in [1.807, 2.05) is 41.9 Å². The third-order valence-electron chi connectivity index (χ3n) is 4.35. The number of hydrogen-bond donors (Lipinski definition) is 1. The van der Waals surface area contributed by atoms with Gasteiger partial charge in [-0.1, -0.05) is 23.8 Å². The Morgan fingerprint density at radius 1 is 1.17 bits per heavy atom. The third-order valence-corrected chi connectivity index (χ3v) is 6.14. The SMILES string of the molecule is Cc1ccc(NC(=O)COC(=O)Cn2cnc3scc(-c4cccs4)c3c2=O)cc1. The van der Waals surface area contributed by atoms with Crippen LogP contribution in [0.2, 0.25) is 0 Å². The van der Waals surface area contributed by atoms with Gasteiger partial charge >= 0.3 is 5.97 Å². The summed E-state index contributed by atoms with van der Waals surface area (Å²) >= 11 is 2.91. The van der Waals surface area contributed by atoms with E-state index in [0.29, 0.717) is 15.9 Å². The van der Waals surface area contributed by atoms with Crippen LogP contribution in [0.15, 0.2) is 58.3 Å². The molecule has 0 saturated carbocycles. The van der Waals surface area contributed by atoms with Gasteiger partial charge in [0.1, 0.15) is 11.4 Å². The summed E-state index contributed by atoms with van der Waals surface area (Å²) in [6.45, 7) is 1.19.